The average molecular weight is 363 g/mol. The van der Waals surface area contributed by atoms with Gasteiger partial charge in [0.25, 0.3) is 0 Å². The molecule has 1 aromatic heterocycles. The number of nitrogens with one attached hydrogen (secondary N) is 1. The van der Waals surface area contributed by atoms with Crippen molar-refractivity contribution in [3.8, 4) is 11.5 Å². The molecule has 24 heavy (non-hydrogen) atoms. The van der Waals surface area contributed by atoms with Crippen molar-refractivity contribution in [2.45, 2.75) is 11.1 Å². The lowest BCUT2D eigenvalue weighted by molar-refractivity contribution is 0.193. The number of nitrogens with zero attached hydrogens (tertiary/aromatic N) is 2. The third kappa shape index (κ3) is 3.88. The Hall–Kier alpha value is -2.49. The minimum atomic E-state index is -3.80. The Labute approximate surface area is 142 Å². The van der Waals surface area contributed by atoms with Gasteiger partial charge in [-0.25, -0.2) is 13.4 Å². The second-order valence-electron chi connectivity index (χ2n) is 4.71. The maximum Gasteiger partial charge on any atom is 0.243 e. The fourth-order valence-electron chi connectivity index (χ4n) is 1.89. The third-order valence-electron chi connectivity index (χ3n) is 3.01. The minimum Gasteiger partial charge on any atom is -0.508 e. The van der Waals surface area contributed by atoms with E-state index in [9.17, 15) is 13.5 Å². The van der Waals surface area contributed by atoms with Crippen molar-refractivity contribution in [3.63, 3.8) is 0 Å². The monoisotopic (exact) mass is 363 g/mol. The maximum atomic E-state index is 12.5. The van der Waals surface area contributed by atoms with E-state index < -0.39 is 16.3 Å². The molecule has 7 nitrogen and oxygen atoms in total. The average Bonchev–Trinajstić information content (AvgIpc) is 3.11. The largest absolute Gasteiger partial charge is 0.508 e. The van der Waals surface area contributed by atoms with Crippen LogP contribution in [0.3, 0.4) is 0 Å². The maximum absolute atomic E-state index is 12.5. The highest BCUT2D eigenvalue weighted by molar-refractivity contribution is 7.89. The predicted molar refractivity (Wildman–Crippen MR) is 88.1 cm³/mol. The fourth-order valence-corrected chi connectivity index (χ4v) is 3.56. The van der Waals surface area contributed by atoms with Crippen molar-refractivity contribution < 1.29 is 18.3 Å². The van der Waals surface area contributed by atoms with Crippen LogP contribution in [0, 0.1) is 0 Å². The highest BCUT2D eigenvalue weighted by Crippen LogP contribution is 2.24. The molecular formula is C15H13N3O4S2. The lowest BCUT2D eigenvalue weighted by Gasteiger charge is -2.18. The van der Waals surface area contributed by atoms with Crippen molar-refractivity contribution in [1.82, 2.24) is 14.1 Å². The highest BCUT2D eigenvalue weighted by Gasteiger charge is 2.25. The Kier molecular flexibility index (Phi) is 4.74. The summed E-state index contributed by atoms with van der Waals surface area (Å²) in [6.07, 6.45) is 0.288. The third-order valence-corrected chi connectivity index (χ3v) is 5.13. The normalized spacial score (nSPS) is 12.7. The molecule has 0 saturated heterocycles. The van der Waals surface area contributed by atoms with Crippen LogP contribution < -0.4 is 9.46 Å². The summed E-state index contributed by atoms with van der Waals surface area (Å²) in [6, 6.07) is 13.9. The van der Waals surface area contributed by atoms with E-state index in [1.54, 1.807) is 18.2 Å². The highest BCUT2D eigenvalue weighted by atomic mass is 32.2. The van der Waals surface area contributed by atoms with Crippen LogP contribution in [-0.2, 0) is 10.0 Å². The molecule has 124 valence electrons. The molecule has 2 N–H and O–H groups in total. The van der Waals surface area contributed by atoms with Gasteiger partial charge < -0.3 is 9.84 Å². The number of benzene rings is 2. The molecule has 0 aliphatic heterocycles. The zero-order chi connectivity index (χ0) is 17.0. The van der Waals surface area contributed by atoms with E-state index in [1.807, 2.05) is 0 Å². The Morgan fingerprint density at radius 3 is 2.42 bits per heavy atom. The van der Waals surface area contributed by atoms with Gasteiger partial charge in [0.2, 0.25) is 16.3 Å². The van der Waals surface area contributed by atoms with Crippen molar-refractivity contribution in [3.05, 3.63) is 65.9 Å². The first kappa shape index (κ1) is 16.4. The van der Waals surface area contributed by atoms with E-state index in [4.69, 9.17) is 4.74 Å². The molecule has 0 amide bonds. The summed E-state index contributed by atoms with van der Waals surface area (Å²) in [4.78, 5) is 4.13. The SMILES string of the molecule is O=S(=O)(NC(Oc1ccc(O)cc1)c1ncns1)c1ccccc1. The summed E-state index contributed by atoms with van der Waals surface area (Å²) in [6.45, 7) is 0. The first-order valence-electron chi connectivity index (χ1n) is 6.84. The van der Waals surface area contributed by atoms with Gasteiger partial charge in [0.1, 0.15) is 17.8 Å². The molecule has 0 aliphatic rings. The van der Waals surface area contributed by atoms with Gasteiger partial charge in [0, 0.05) is 0 Å². The smallest absolute Gasteiger partial charge is 0.243 e. The van der Waals surface area contributed by atoms with Gasteiger partial charge in [-0.1, -0.05) is 18.2 Å². The van der Waals surface area contributed by atoms with Gasteiger partial charge in [0.15, 0.2) is 5.01 Å². The summed E-state index contributed by atoms with van der Waals surface area (Å²) in [7, 11) is -3.80. The lowest BCUT2D eigenvalue weighted by Crippen LogP contribution is -2.32. The van der Waals surface area contributed by atoms with Crippen LogP contribution in [-0.4, -0.2) is 22.9 Å². The number of hydrogen-bond donors (Lipinski definition) is 2. The summed E-state index contributed by atoms with van der Waals surface area (Å²) in [5, 5.41) is 9.69. The summed E-state index contributed by atoms with van der Waals surface area (Å²) >= 11 is 1.03. The molecule has 1 heterocycles. The van der Waals surface area contributed by atoms with E-state index in [2.05, 4.69) is 14.1 Å². The van der Waals surface area contributed by atoms with Crippen molar-refractivity contribution in [2.24, 2.45) is 0 Å². The number of aromatic hydroxyl groups is 1. The second-order valence-corrected chi connectivity index (χ2v) is 7.23. The van der Waals surface area contributed by atoms with Crippen LogP contribution in [0.5, 0.6) is 11.5 Å². The molecule has 2 aromatic carbocycles. The molecule has 0 saturated carbocycles. The molecule has 0 spiro atoms. The Balaban J connectivity index is 1.87. The number of aromatic nitrogens is 2. The molecule has 0 fully saturated rings. The van der Waals surface area contributed by atoms with Gasteiger partial charge in [0.05, 0.1) is 4.90 Å². The zero-order valence-electron chi connectivity index (χ0n) is 12.2. The molecule has 3 rings (SSSR count). The van der Waals surface area contributed by atoms with Crippen molar-refractivity contribution >= 4 is 21.6 Å². The molecule has 0 aliphatic carbocycles. The molecule has 9 heteroatoms. The van der Waals surface area contributed by atoms with Crippen LogP contribution in [0.2, 0.25) is 0 Å². The molecule has 3 aromatic rings. The molecule has 1 unspecified atom stereocenters. The Bertz CT molecular complexity index is 882. The van der Waals surface area contributed by atoms with E-state index in [-0.39, 0.29) is 10.6 Å². The number of ether oxygens (including phenoxy) is 1. The van der Waals surface area contributed by atoms with Gasteiger partial charge in [-0.3, -0.25) is 0 Å². The molecule has 0 radical (unpaired) electrons. The Morgan fingerprint density at radius 2 is 1.79 bits per heavy atom. The van der Waals surface area contributed by atoms with Gasteiger partial charge >= 0.3 is 0 Å². The first-order valence-corrected chi connectivity index (χ1v) is 9.10. The van der Waals surface area contributed by atoms with Crippen LogP contribution in [0.15, 0.2) is 65.8 Å². The van der Waals surface area contributed by atoms with E-state index >= 15 is 0 Å². The van der Waals surface area contributed by atoms with Gasteiger partial charge in [-0.05, 0) is 47.9 Å². The van der Waals surface area contributed by atoms with Crippen molar-refractivity contribution in [2.75, 3.05) is 0 Å². The number of phenols is 1. The van der Waals surface area contributed by atoms with E-state index in [0.717, 1.165) is 11.5 Å². The van der Waals surface area contributed by atoms with Crippen LogP contribution >= 0.6 is 11.5 Å². The Morgan fingerprint density at radius 1 is 1.08 bits per heavy atom. The minimum absolute atomic E-state index is 0.0830. The van der Waals surface area contributed by atoms with Crippen LogP contribution in [0.25, 0.3) is 0 Å². The molecular weight excluding hydrogens is 350 g/mol. The number of phenolic OH excluding ortho intramolecular Hbond substituents is 1. The number of hydrogen-bond acceptors (Lipinski definition) is 7. The second kappa shape index (κ2) is 6.95. The lowest BCUT2D eigenvalue weighted by atomic mass is 10.3. The topological polar surface area (TPSA) is 101 Å². The number of rotatable bonds is 6. The molecule has 1 atom stereocenters. The van der Waals surface area contributed by atoms with Gasteiger partial charge in [-0.15, -0.1) is 0 Å². The van der Waals surface area contributed by atoms with Gasteiger partial charge in [-0.2, -0.15) is 9.10 Å². The van der Waals surface area contributed by atoms with E-state index in [0.29, 0.717) is 10.8 Å². The predicted octanol–water partition coefficient (Wildman–Crippen LogP) is 2.30. The van der Waals surface area contributed by atoms with Crippen molar-refractivity contribution in [1.29, 1.82) is 0 Å². The number of sulfonamides is 1. The summed E-state index contributed by atoms with van der Waals surface area (Å²) < 4.78 is 37.0. The van der Waals surface area contributed by atoms with Crippen LogP contribution in [0.1, 0.15) is 11.2 Å². The first-order chi connectivity index (χ1) is 11.5. The summed E-state index contributed by atoms with van der Waals surface area (Å²) in [5.41, 5.74) is 0. The van der Waals surface area contributed by atoms with E-state index in [1.165, 1.54) is 42.7 Å². The molecule has 0 bridgehead atoms. The van der Waals surface area contributed by atoms with Crippen LogP contribution in [0.4, 0.5) is 0 Å². The zero-order valence-corrected chi connectivity index (χ0v) is 13.9. The summed E-state index contributed by atoms with van der Waals surface area (Å²) in [5.74, 6) is 0.462. The standard InChI is InChI=1S/C15H13N3O4S2/c19-11-6-8-12(9-7-11)22-14(15-16-10-17-23-15)18-24(20,21)13-4-2-1-3-5-13/h1-10,14,18-19H. The fraction of sp³-hybridized carbons (Fsp3) is 0.0667. The quantitative estimate of drug-likeness (QED) is 0.652.